The van der Waals surface area contributed by atoms with E-state index in [1.165, 1.54) is 12.3 Å². The number of hydrogen-bond donors (Lipinski definition) is 3. The van der Waals surface area contributed by atoms with E-state index in [-0.39, 0.29) is 11.6 Å². The maximum atomic E-state index is 11.1. The van der Waals surface area contributed by atoms with E-state index in [1.807, 2.05) is 12.1 Å². The fourth-order valence-electron chi connectivity index (χ4n) is 1.68. The fraction of sp³-hybridized carbons (Fsp3) is 0.200. The quantitative estimate of drug-likeness (QED) is 0.677. The number of hydrogen-bond acceptors (Lipinski definition) is 5. The van der Waals surface area contributed by atoms with Crippen molar-refractivity contribution in [3.05, 3.63) is 48.3 Å². The minimum absolute atomic E-state index is 0.144. The van der Waals surface area contributed by atoms with Gasteiger partial charge in [-0.2, -0.15) is 0 Å². The Labute approximate surface area is 132 Å². The Bertz CT molecular complexity index is 634. The number of anilines is 1. The lowest BCUT2D eigenvalue weighted by atomic mass is 10.3. The maximum Gasteiger partial charge on any atom is 0.267 e. The van der Waals surface area contributed by atoms with E-state index in [9.17, 15) is 9.90 Å². The van der Waals surface area contributed by atoms with Gasteiger partial charge in [0.15, 0.2) is 0 Å². The van der Waals surface area contributed by atoms with Gasteiger partial charge in [0.05, 0.1) is 12.0 Å². The zero-order chi connectivity index (χ0) is 15.9. The van der Waals surface area contributed by atoms with Crippen molar-refractivity contribution in [3.63, 3.8) is 0 Å². The first kappa shape index (κ1) is 16.1. The third kappa shape index (κ3) is 4.61. The number of halogens is 1. The van der Waals surface area contributed by atoms with Crippen molar-refractivity contribution in [2.45, 2.75) is 6.10 Å². The van der Waals surface area contributed by atoms with Crippen LogP contribution >= 0.6 is 11.6 Å². The summed E-state index contributed by atoms with van der Waals surface area (Å²) in [7, 11) is 0. The van der Waals surface area contributed by atoms with Crippen molar-refractivity contribution >= 4 is 23.2 Å². The fourth-order valence-corrected chi connectivity index (χ4v) is 1.79. The van der Waals surface area contributed by atoms with E-state index < -0.39 is 12.0 Å². The number of aromatic nitrogens is 1. The Kier molecular flexibility index (Phi) is 5.57. The van der Waals surface area contributed by atoms with Gasteiger partial charge in [-0.3, -0.25) is 9.78 Å². The highest BCUT2D eigenvalue weighted by molar-refractivity contribution is 6.18. The van der Waals surface area contributed by atoms with Crippen LogP contribution in [0, 0.1) is 0 Å². The predicted octanol–water partition coefficient (Wildman–Crippen LogP) is 1.98. The monoisotopic (exact) mass is 321 g/mol. The topological polar surface area (TPSA) is 97.5 Å². The zero-order valence-electron chi connectivity index (χ0n) is 11.7. The molecule has 0 aliphatic heterocycles. The molecule has 1 heterocycles. The van der Waals surface area contributed by atoms with Crippen molar-refractivity contribution in [2.24, 2.45) is 5.73 Å². The molecule has 0 aliphatic carbocycles. The van der Waals surface area contributed by atoms with Crippen LogP contribution in [0.1, 0.15) is 10.5 Å². The van der Waals surface area contributed by atoms with Crippen molar-refractivity contribution in [2.75, 3.05) is 17.7 Å². The van der Waals surface area contributed by atoms with Crippen LogP contribution in [0.25, 0.3) is 0 Å². The van der Waals surface area contributed by atoms with Crippen LogP contribution < -0.4 is 15.8 Å². The van der Waals surface area contributed by atoms with Gasteiger partial charge in [-0.05, 0) is 30.3 Å². The highest BCUT2D eigenvalue weighted by atomic mass is 35.5. The highest BCUT2D eigenvalue weighted by Gasteiger charge is 2.05. The highest BCUT2D eigenvalue weighted by Crippen LogP contribution is 2.23. The maximum absolute atomic E-state index is 11.1. The Morgan fingerprint density at radius 1 is 1.32 bits per heavy atom. The molecule has 0 bridgehead atoms. The van der Waals surface area contributed by atoms with Crippen molar-refractivity contribution < 1.29 is 14.6 Å². The van der Waals surface area contributed by atoms with Crippen molar-refractivity contribution in [1.82, 2.24) is 4.98 Å². The van der Waals surface area contributed by atoms with E-state index in [1.54, 1.807) is 18.2 Å². The first-order valence-corrected chi connectivity index (χ1v) is 7.13. The van der Waals surface area contributed by atoms with Gasteiger partial charge in [0.25, 0.3) is 5.91 Å². The summed E-state index contributed by atoms with van der Waals surface area (Å²) in [5, 5.41) is 12.4. The molecule has 0 fully saturated rings. The molecule has 1 aromatic heterocycles. The van der Waals surface area contributed by atoms with Gasteiger partial charge in [0, 0.05) is 24.5 Å². The number of rotatable bonds is 7. The molecule has 1 atom stereocenters. The average Bonchev–Trinajstić information content (AvgIpc) is 2.54. The molecule has 0 saturated carbocycles. The van der Waals surface area contributed by atoms with Crippen LogP contribution in [-0.2, 0) is 0 Å². The molecule has 4 N–H and O–H groups in total. The second-order valence-electron chi connectivity index (χ2n) is 4.56. The summed E-state index contributed by atoms with van der Waals surface area (Å²) in [6, 6.07) is 10.3. The third-order valence-corrected chi connectivity index (χ3v) is 3.15. The van der Waals surface area contributed by atoms with Gasteiger partial charge in [0.1, 0.15) is 17.2 Å². The van der Waals surface area contributed by atoms with E-state index in [0.29, 0.717) is 18.0 Å². The molecule has 2 rings (SSSR count). The lowest BCUT2D eigenvalue weighted by Gasteiger charge is -2.11. The molecule has 0 saturated heterocycles. The van der Waals surface area contributed by atoms with E-state index in [4.69, 9.17) is 22.1 Å². The number of aliphatic hydroxyl groups is 1. The summed E-state index contributed by atoms with van der Waals surface area (Å²) in [4.78, 5) is 14.9. The number of amides is 1. The SMILES string of the molecule is NC(=O)c1cc(Oc2ccc(NCC(O)CCl)cc2)ccn1. The predicted molar refractivity (Wildman–Crippen MR) is 84.5 cm³/mol. The summed E-state index contributed by atoms with van der Waals surface area (Å²) in [6.45, 7) is 0.371. The smallest absolute Gasteiger partial charge is 0.267 e. The molecule has 0 radical (unpaired) electrons. The molecular formula is C15H16ClN3O3. The van der Waals surface area contributed by atoms with Gasteiger partial charge in [-0.1, -0.05) is 0 Å². The van der Waals surface area contributed by atoms with Gasteiger partial charge >= 0.3 is 0 Å². The molecule has 0 spiro atoms. The van der Waals surface area contributed by atoms with Gasteiger partial charge < -0.3 is 20.9 Å². The average molecular weight is 322 g/mol. The normalized spacial score (nSPS) is 11.7. The Morgan fingerprint density at radius 2 is 2.05 bits per heavy atom. The Morgan fingerprint density at radius 3 is 2.68 bits per heavy atom. The molecule has 1 amide bonds. The van der Waals surface area contributed by atoms with Crippen molar-refractivity contribution in [1.29, 1.82) is 0 Å². The third-order valence-electron chi connectivity index (χ3n) is 2.79. The number of carbonyl (C=O) groups excluding carboxylic acids is 1. The summed E-state index contributed by atoms with van der Waals surface area (Å²) in [5.41, 5.74) is 6.15. The molecule has 6 nitrogen and oxygen atoms in total. The molecule has 22 heavy (non-hydrogen) atoms. The number of carbonyl (C=O) groups is 1. The van der Waals surface area contributed by atoms with Gasteiger partial charge in [-0.25, -0.2) is 0 Å². The zero-order valence-corrected chi connectivity index (χ0v) is 12.5. The number of aliphatic hydroxyl groups excluding tert-OH is 1. The molecule has 0 aliphatic rings. The number of benzene rings is 1. The van der Waals surface area contributed by atoms with Gasteiger partial charge in [0.2, 0.25) is 0 Å². The lowest BCUT2D eigenvalue weighted by Crippen LogP contribution is -2.20. The first-order chi connectivity index (χ1) is 10.6. The lowest BCUT2D eigenvalue weighted by molar-refractivity contribution is 0.0995. The number of nitrogens with two attached hydrogens (primary N) is 1. The van der Waals surface area contributed by atoms with Crippen LogP contribution in [-0.4, -0.2) is 34.5 Å². The number of nitrogens with zero attached hydrogens (tertiary/aromatic N) is 1. The minimum Gasteiger partial charge on any atom is -0.457 e. The van der Waals surface area contributed by atoms with Crippen LogP contribution in [0.3, 0.4) is 0 Å². The molecule has 116 valence electrons. The number of primary amides is 1. The van der Waals surface area contributed by atoms with Crippen LogP contribution in [0.5, 0.6) is 11.5 Å². The first-order valence-electron chi connectivity index (χ1n) is 6.60. The summed E-state index contributed by atoms with van der Waals surface area (Å²) >= 11 is 5.52. The molecule has 1 unspecified atom stereocenters. The summed E-state index contributed by atoms with van der Waals surface area (Å²) in [6.07, 6.45) is 0.862. The Balaban J connectivity index is 1.99. The largest absolute Gasteiger partial charge is 0.457 e. The summed E-state index contributed by atoms with van der Waals surface area (Å²) in [5.74, 6) is 0.647. The minimum atomic E-state index is -0.608. The second-order valence-corrected chi connectivity index (χ2v) is 4.87. The summed E-state index contributed by atoms with van der Waals surface area (Å²) < 4.78 is 5.62. The van der Waals surface area contributed by atoms with Gasteiger partial charge in [-0.15, -0.1) is 11.6 Å². The van der Waals surface area contributed by atoms with Crippen LogP contribution in [0.2, 0.25) is 0 Å². The van der Waals surface area contributed by atoms with E-state index in [0.717, 1.165) is 5.69 Å². The molecule has 1 aromatic carbocycles. The van der Waals surface area contributed by atoms with Crippen LogP contribution in [0.15, 0.2) is 42.6 Å². The molecule has 7 heteroatoms. The molecular weight excluding hydrogens is 306 g/mol. The van der Waals surface area contributed by atoms with Crippen LogP contribution in [0.4, 0.5) is 5.69 Å². The number of ether oxygens (including phenoxy) is 1. The Hall–Kier alpha value is -2.31. The van der Waals surface area contributed by atoms with Crippen molar-refractivity contribution in [3.8, 4) is 11.5 Å². The number of nitrogens with one attached hydrogen (secondary N) is 1. The standard InChI is InChI=1S/C15H16ClN3O3/c16-8-11(20)9-19-10-1-3-12(4-2-10)22-13-5-6-18-14(7-13)15(17)21/h1-7,11,19-20H,8-9H2,(H2,17,21). The van der Waals surface area contributed by atoms with E-state index in [2.05, 4.69) is 10.3 Å². The number of alkyl halides is 1. The van der Waals surface area contributed by atoms with E-state index >= 15 is 0 Å². The number of pyridine rings is 1. The second kappa shape index (κ2) is 7.63. The molecule has 2 aromatic rings.